The molecule has 0 atom stereocenters. The molecule has 2 aromatic rings. The normalized spacial score (nSPS) is 10.0. The number of hydrogen-bond donors (Lipinski definition) is 0. The van der Waals surface area contributed by atoms with E-state index in [4.69, 9.17) is 16.9 Å². The van der Waals surface area contributed by atoms with E-state index in [0.717, 1.165) is 0 Å². The lowest BCUT2D eigenvalue weighted by Gasteiger charge is -1.94. The smallest absolute Gasteiger partial charge is 0.161 e. The molecule has 0 bridgehead atoms. The minimum atomic E-state index is 0.407. The van der Waals surface area contributed by atoms with Crippen LogP contribution in [-0.4, -0.2) is 14.6 Å². The molecular weight excluding hydrogens is 176 g/mol. The second-order valence-corrected chi connectivity index (χ2v) is 2.65. The largest absolute Gasteiger partial charge is 0.287 e. The van der Waals surface area contributed by atoms with E-state index in [1.165, 1.54) is 6.33 Å². The van der Waals surface area contributed by atoms with Crippen molar-refractivity contribution in [3.63, 3.8) is 0 Å². The number of nitriles is 1. The van der Waals surface area contributed by atoms with Crippen LogP contribution < -0.4 is 0 Å². The van der Waals surface area contributed by atoms with Crippen molar-refractivity contribution < 1.29 is 0 Å². The van der Waals surface area contributed by atoms with Gasteiger partial charge in [-0.3, -0.25) is 4.40 Å². The Morgan fingerprint density at radius 1 is 1.58 bits per heavy atom. The summed E-state index contributed by atoms with van der Waals surface area (Å²) < 4.78 is 1.66. The Hall–Kier alpha value is -1.60. The molecule has 0 saturated heterocycles. The van der Waals surface area contributed by atoms with E-state index in [2.05, 4.69) is 10.2 Å². The van der Waals surface area contributed by atoms with Crippen molar-refractivity contribution in [2.45, 2.75) is 0 Å². The first-order valence-electron chi connectivity index (χ1n) is 3.20. The summed E-state index contributed by atoms with van der Waals surface area (Å²) in [5.74, 6) is 0. The number of hydrogen-bond acceptors (Lipinski definition) is 3. The Labute approximate surface area is 73.0 Å². The SMILES string of the molecule is N#Cc1cc2nncn2cc1Cl. The van der Waals surface area contributed by atoms with Crippen LogP contribution in [0, 0.1) is 11.3 Å². The molecule has 5 heteroatoms. The highest BCUT2D eigenvalue weighted by molar-refractivity contribution is 6.31. The van der Waals surface area contributed by atoms with Crippen LogP contribution >= 0.6 is 11.6 Å². The first-order valence-corrected chi connectivity index (χ1v) is 3.58. The molecular formula is C7H3ClN4. The average Bonchev–Trinajstić information content (AvgIpc) is 2.49. The van der Waals surface area contributed by atoms with Crippen LogP contribution in [0.1, 0.15) is 5.56 Å². The van der Waals surface area contributed by atoms with Crippen molar-refractivity contribution in [1.29, 1.82) is 5.26 Å². The van der Waals surface area contributed by atoms with E-state index in [1.54, 1.807) is 16.7 Å². The summed E-state index contributed by atoms with van der Waals surface area (Å²) in [4.78, 5) is 0. The quantitative estimate of drug-likeness (QED) is 0.610. The van der Waals surface area contributed by atoms with Crippen molar-refractivity contribution in [1.82, 2.24) is 14.6 Å². The Morgan fingerprint density at radius 2 is 2.42 bits per heavy atom. The second-order valence-electron chi connectivity index (χ2n) is 2.24. The molecule has 0 aliphatic carbocycles. The van der Waals surface area contributed by atoms with Crippen LogP contribution in [0.5, 0.6) is 0 Å². The monoisotopic (exact) mass is 178 g/mol. The van der Waals surface area contributed by atoms with E-state index in [0.29, 0.717) is 16.2 Å². The number of pyridine rings is 1. The van der Waals surface area contributed by atoms with Crippen LogP contribution in [0.25, 0.3) is 5.65 Å². The van der Waals surface area contributed by atoms with Crippen molar-refractivity contribution in [2.24, 2.45) is 0 Å². The molecule has 0 aliphatic heterocycles. The maximum absolute atomic E-state index is 8.62. The molecule has 0 fully saturated rings. The summed E-state index contributed by atoms with van der Waals surface area (Å²) >= 11 is 5.76. The molecule has 12 heavy (non-hydrogen) atoms. The third-order valence-electron chi connectivity index (χ3n) is 1.50. The molecule has 4 nitrogen and oxygen atoms in total. The Bertz CT molecular complexity index is 468. The molecule has 0 radical (unpaired) electrons. The van der Waals surface area contributed by atoms with Crippen molar-refractivity contribution in [3.8, 4) is 6.07 Å². The fraction of sp³-hybridized carbons (Fsp3) is 0. The lowest BCUT2D eigenvalue weighted by atomic mass is 10.3. The zero-order chi connectivity index (χ0) is 8.55. The van der Waals surface area contributed by atoms with Crippen LogP contribution in [0.4, 0.5) is 0 Å². The molecule has 2 rings (SSSR count). The van der Waals surface area contributed by atoms with E-state index in [9.17, 15) is 0 Å². The molecule has 0 aliphatic rings. The Kier molecular flexibility index (Phi) is 1.45. The lowest BCUT2D eigenvalue weighted by Crippen LogP contribution is -1.85. The van der Waals surface area contributed by atoms with Crippen LogP contribution in [0.2, 0.25) is 5.02 Å². The Morgan fingerprint density at radius 3 is 3.17 bits per heavy atom. The van der Waals surface area contributed by atoms with E-state index < -0.39 is 0 Å². The van der Waals surface area contributed by atoms with Gasteiger partial charge in [-0.15, -0.1) is 10.2 Å². The summed E-state index contributed by atoms with van der Waals surface area (Å²) in [7, 11) is 0. The Balaban J connectivity index is 2.84. The predicted molar refractivity (Wildman–Crippen MR) is 42.7 cm³/mol. The summed E-state index contributed by atoms with van der Waals surface area (Å²) in [5.41, 5.74) is 1.04. The predicted octanol–water partition coefficient (Wildman–Crippen LogP) is 1.25. The van der Waals surface area contributed by atoms with Gasteiger partial charge in [-0.05, 0) is 0 Å². The maximum atomic E-state index is 8.62. The first kappa shape index (κ1) is 7.07. The van der Waals surface area contributed by atoms with Gasteiger partial charge in [0.15, 0.2) is 5.65 Å². The minimum Gasteiger partial charge on any atom is -0.287 e. The maximum Gasteiger partial charge on any atom is 0.161 e. The number of nitrogens with zero attached hydrogens (tertiary/aromatic N) is 4. The van der Waals surface area contributed by atoms with Gasteiger partial charge in [-0.2, -0.15) is 5.26 Å². The number of rotatable bonds is 0. The van der Waals surface area contributed by atoms with E-state index >= 15 is 0 Å². The third kappa shape index (κ3) is 0.917. The fourth-order valence-corrected chi connectivity index (χ4v) is 1.13. The van der Waals surface area contributed by atoms with Crippen molar-refractivity contribution in [2.75, 3.05) is 0 Å². The van der Waals surface area contributed by atoms with Crippen molar-refractivity contribution in [3.05, 3.63) is 29.2 Å². The average molecular weight is 179 g/mol. The molecule has 2 aromatic heterocycles. The van der Waals surface area contributed by atoms with Crippen LogP contribution in [-0.2, 0) is 0 Å². The lowest BCUT2D eigenvalue weighted by molar-refractivity contribution is 1.10. The second kappa shape index (κ2) is 2.47. The van der Waals surface area contributed by atoms with Crippen molar-refractivity contribution >= 4 is 17.2 Å². The molecule has 0 saturated carbocycles. The van der Waals surface area contributed by atoms with Gasteiger partial charge in [-0.25, -0.2) is 0 Å². The van der Waals surface area contributed by atoms with Crippen LogP contribution in [0.15, 0.2) is 18.6 Å². The molecule has 58 valence electrons. The zero-order valence-electron chi connectivity index (χ0n) is 5.90. The van der Waals surface area contributed by atoms with Gasteiger partial charge < -0.3 is 0 Å². The summed E-state index contributed by atoms with van der Waals surface area (Å²) in [6.45, 7) is 0. The topological polar surface area (TPSA) is 54.0 Å². The van der Waals surface area contributed by atoms with Gasteiger partial charge in [0.25, 0.3) is 0 Å². The van der Waals surface area contributed by atoms with Gasteiger partial charge in [0.2, 0.25) is 0 Å². The molecule has 0 unspecified atom stereocenters. The highest BCUT2D eigenvalue weighted by Crippen LogP contribution is 2.15. The van der Waals surface area contributed by atoms with Gasteiger partial charge in [-0.1, -0.05) is 11.6 Å². The number of halogens is 1. The number of fused-ring (bicyclic) bond motifs is 1. The molecule has 0 aromatic carbocycles. The van der Waals surface area contributed by atoms with Crippen LogP contribution in [0.3, 0.4) is 0 Å². The van der Waals surface area contributed by atoms with Gasteiger partial charge in [0, 0.05) is 12.3 Å². The highest BCUT2D eigenvalue weighted by atomic mass is 35.5. The molecule has 0 N–H and O–H groups in total. The highest BCUT2D eigenvalue weighted by Gasteiger charge is 2.02. The molecule has 2 heterocycles. The number of aromatic nitrogens is 3. The molecule has 0 amide bonds. The zero-order valence-corrected chi connectivity index (χ0v) is 6.65. The van der Waals surface area contributed by atoms with Gasteiger partial charge in [0.1, 0.15) is 12.4 Å². The van der Waals surface area contributed by atoms with E-state index in [-0.39, 0.29) is 0 Å². The standard InChI is InChI=1S/C7H3ClN4/c8-6-3-12-4-10-11-7(12)1-5(6)2-9/h1,3-4H. The summed E-state index contributed by atoms with van der Waals surface area (Å²) in [5, 5.41) is 16.5. The first-order chi connectivity index (χ1) is 5.81. The fourth-order valence-electron chi connectivity index (χ4n) is 0.930. The third-order valence-corrected chi connectivity index (χ3v) is 1.81. The minimum absolute atomic E-state index is 0.407. The van der Waals surface area contributed by atoms with Gasteiger partial charge in [0.05, 0.1) is 10.6 Å². The summed E-state index contributed by atoms with van der Waals surface area (Å²) in [6.07, 6.45) is 3.14. The molecule has 0 spiro atoms. The summed E-state index contributed by atoms with van der Waals surface area (Å²) in [6, 6.07) is 3.56. The van der Waals surface area contributed by atoms with Gasteiger partial charge >= 0.3 is 0 Å². The van der Waals surface area contributed by atoms with E-state index in [1.807, 2.05) is 6.07 Å².